The fourth-order valence-corrected chi connectivity index (χ4v) is 3.49. The fraction of sp³-hybridized carbons (Fsp3) is 0.421. The maximum atomic E-state index is 13.0. The molecule has 140 valence electrons. The maximum Gasteiger partial charge on any atom is 0.255 e. The van der Waals surface area contributed by atoms with Gasteiger partial charge in [-0.25, -0.2) is 0 Å². The summed E-state index contributed by atoms with van der Waals surface area (Å²) in [5.41, 5.74) is 0.434. The molecule has 0 N–H and O–H groups in total. The van der Waals surface area contributed by atoms with E-state index in [-0.39, 0.29) is 10.9 Å². The molecule has 1 fully saturated rings. The van der Waals surface area contributed by atoms with Crippen LogP contribution in [-0.2, 0) is 6.54 Å². The molecule has 1 aliphatic heterocycles. The van der Waals surface area contributed by atoms with Crippen LogP contribution < -0.4 is 9.47 Å². The van der Waals surface area contributed by atoms with E-state index in [2.05, 4.69) is 4.90 Å². The first-order valence-corrected chi connectivity index (χ1v) is 8.96. The molecule has 0 bridgehead atoms. The Bertz CT molecular complexity index is 748. The summed E-state index contributed by atoms with van der Waals surface area (Å²) in [6.45, 7) is 3.80. The SMILES string of the molecule is COc1ccc(C(=O)N2CCCN(Cc3ccco3)CC2)c(Cl)c1OC. The van der Waals surface area contributed by atoms with Gasteiger partial charge in [-0.3, -0.25) is 9.69 Å². The van der Waals surface area contributed by atoms with Gasteiger partial charge in [0.25, 0.3) is 5.91 Å². The molecule has 1 saturated heterocycles. The number of nitrogens with zero attached hydrogens (tertiary/aromatic N) is 2. The van der Waals surface area contributed by atoms with Crippen LogP contribution >= 0.6 is 11.6 Å². The van der Waals surface area contributed by atoms with Crippen LogP contribution in [0.2, 0.25) is 5.02 Å². The summed E-state index contributed by atoms with van der Waals surface area (Å²) in [5.74, 6) is 1.74. The minimum Gasteiger partial charge on any atom is -0.493 e. The third-order valence-corrected chi connectivity index (χ3v) is 4.93. The maximum absolute atomic E-state index is 13.0. The van der Waals surface area contributed by atoms with E-state index in [0.717, 1.165) is 31.8 Å². The van der Waals surface area contributed by atoms with Crippen molar-refractivity contribution in [3.63, 3.8) is 0 Å². The summed E-state index contributed by atoms with van der Waals surface area (Å²) in [4.78, 5) is 17.1. The highest BCUT2D eigenvalue weighted by Crippen LogP contribution is 2.37. The number of amides is 1. The van der Waals surface area contributed by atoms with E-state index in [1.54, 1.807) is 18.4 Å². The van der Waals surface area contributed by atoms with Gasteiger partial charge in [0.05, 0.1) is 37.6 Å². The van der Waals surface area contributed by atoms with Crippen molar-refractivity contribution in [1.82, 2.24) is 9.80 Å². The zero-order valence-corrected chi connectivity index (χ0v) is 15.8. The zero-order valence-electron chi connectivity index (χ0n) is 15.0. The first kappa shape index (κ1) is 18.6. The van der Waals surface area contributed by atoms with Gasteiger partial charge in [0.2, 0.25) is 0 Å². The van der Waals surface area contributed by atoms with Crippen molar-refractivity contribution >= 4 is 17.5 Å². The van der Waals surface area contributed by atoms with Crippen molar-refractivity contribution in [3.8, 4) is 11.5 Å². The first-order chi connectivity index (χ1) is 12.6. The number of furan rings is 1. The predicted octanol–water partition coefficient (Wildman–Crippen LogP) is 3.30. The lowest BCUT2D eigenvalue weighted by atomic mass is 10.1. The van der Waals surface area contributed by atoms with Crippen molar-refractivity contribution in [2.24, 2.45) is 0 Å². The molecule has 0 spiro atoms. The molecule has 0 radical (unpaired) electrons. The van der Waals surface area contributed by atoms with Crippen LogP contribution in [0.1, 0.15) is 22.5 Å². The van der Waals surface area contributed by atoms with Crippen LogP contribution in [0.4, 0.5) is 0 Å². The molecule has 1 aliphatic rings. The number of carbonyl (C=O) groups excluding carboxylic acids is 1. The minimum atomic E-state index is -0.0872. The Kier molecular flexibility index (Phi) is 6.06. The highest BCUT2D eigenvalue weighted by molar-refractivity contribution is 6.35. The van der Waals surface area contributed by atoms with Gasteiger partial charge in [-0.05, 0) is 30.7 Å². The number of methoxy groups -OCH3 is 2. The summed E-state index contributed by atoms with van der Waals surface area (Å²) in [7, 11) is 3.05. The van der Waals surface area contributed by atoms with E-state index >= 15 is 0 Å². The monoisotopic (exact) mass is 378 g/mol. The minimum absolute atomic E-state index is 0.0872. The fourth-order valence-electron chi connectivity index (χ4n) is 3.18. The average Bonchev–Trinajstić information content (AvgIpc) is 3.05. The van der Waals surface area contributed by atoms with Crippen LogP contribution in [0.5, 0.6) is 11.5 Å². The number of hydrogen-bond acceptors (Lipinski definition) is 5. The smallest absolute Gasteiger partial charge is 0.255 e. The summed E-state index contributed by atoms with van der Waals surface area (Å²) in [5, 5.41) is 0.286. The average molecular weight is 379 g/mol. The van der Waals surface area contributed by atoms with E-state index < -0.39 is 0 Å². The van der Waals surface area contributed by atoms with Gasteiger partial charge in [-0.1, -0.05) is 11.6 Å². The number of rotatable bonds is 5. The summed E-state index contributed by atoms with van der Waals surface area (Å²) in [6, 6.07) is 7.26. The van der Waals surface area contributed by atoms with Crippen molar-refractivity contribution in [2.45, 2.75) is 13.0 Å². The standard InChI is InChI=1S/C19H23ClN2O4/c1-24-16-7-6-15(17(20)18(16)25-2)19(23)22-9-4-8-21(10-11-22)13-14-5-3-12-26-14/h3,5-7,12H,4,8-11,13H2,1-2H3. The summed E-state index contributed by atoms with van der Waals surface area (Å²) >= 11 is 6.40. The zero-order chi connectivity index (χ0) is 18.5. The lowest BCUT2D eigenvalue weighted by Crippen LogP contribution is -2.35. The van der Waals surface area contributed by atoms with Gasteiger partial charge < -0.3 is 18.8 Å². The van der Waals surface area contributed by atoms with Crippen molar-refractivity contribution in [2.75, 3.05) is 40.4 Å². The molecule has 0 aliphatic carbocycles. The third-order valence-electron chi connectivity index (χ3n) is 4.55. The quantitative estimate of drug-likeness (QED) is 0.799. The highest BCUT2D eigenvalue weighted by atomic mass is 35.5. The van der Waals surface area contributed by atoms with Crippen LogP contribution in [0, 0.1) is 0 Å². The van der Waals surface area contributed by atoms with Crippen LogP contribution in [0.25, 0.3) is 0 Å². The van der Waals surface area contributed by atoms with Crippen molar-refractivity contribution in [3.05, 3.63) is 46.9 Å². The number of carbonyl (C=O) groups is 1. The number of ether oxygens (including phenoxy) is 2. The van der Waals surface area contributed by atoms with Gasteiger partial charge in [-0.15, -0.1) is 0 Å². The molecule has 26 heavy (non-hydrogen) atoms. The Labute approximate surface area is 158 Å². The van der Waals surface area contributed by atoms with Crippen molar-refractivity contribution in [1.29, 1.82) is 0 Å². The molecule has 0 saturated carbocycles. The molecule has 2 heterocycles. The van der Waals surface area contributed by atoms with Crippen LogP contribution in [-0.4, -0.2) is 56.1 Å². The van der Waals surface area contributed by atoms with E-state index in [1.807, 2.05) is 17.0 Å². The molecule has 0 atom stereocenters. The molecule has 7 heteroatoms. The molecule has 1 amide bonds. The molecule has 3 rings (SSSR count). The van der Waals surface area contributed by atoms with Gasteiger partial charge >= 0.3 is 0 Å². The second-order valence-corrected chi connectivity index (χ2v) is 6.54. The largest absolute Gasteiger partial charge is 0.493 e. The first-order valence-electron chi connectivity index (χ1n) is 8.58. The van der Waals surface area contributed by atoms with Gasteiger partial charge in [0.1, 0.15) is 5.76 Å². The lowest BCUT2D eigenvalue weighted by molar-refractivity contribution is 0.0760. The Morgan fingerprint density at radius 2 is 2.00 bits per heavy atom. The van der Waals surface area contributed by atoms with E-state index in [0.29, 0.717) is 30.2 Å². The Morgan fingerprint density at radius 3 is 2.69 bits per heavy atom. The summed E-state index contributed by atoms with van der Waals surface area (Å²) in [6.07, 6.45) is 2.58. The van der Waals surface area contributed by atoms with Gasteiger partial charge in [-0.2, -0.15) is 0 Å². The second-order valence-electron chi connectivity index (χ2n) is 6.16. The van der Waals surface area contributed by atoms with E-state index in [4.69, 9.17) is 25.5 Å². The Balaban J connectivity index is 1.70. The van der Waals surface area contributed by atoms with Crippen LogP contribution in [0.3, 0.4) is 0 Å². The Morgan fingerprint density at radius 1 is 1.15 bits per heavy atom. The normalized spacial score (nSPS) is 15.6. The molecule has 1 aromatic heterocycles. The Hall–Kier alpha value is -2.18. The number of benzene rings is 1. The van der Waals surface area contributed by atoms with Crippen molar-refractivity contribution < 1.29 is 18.7 Å². The van der Waals surface area contributed by atoms with E-state index in [1.165, 1.54) is 14.2 Å². The molecular weight excluding hydrogens is 356 g/mol. The molecular formula is C19H23ClN2O4. The summed E-state index contributed by atoms with van der Waals surface area (Å²) < 4.78 is 15.9. The second kappa shape index (κ2) is 8.47. The molecule has 1 aromatic carbocycles. The highest BCUT2D eigenvalue weighted by Gasteiger charge is 2.25. The predicted molar refractivity (Wildman–Crippen MR) is 99.1 cm³/mol. The molecule has 6 nitrogen and oxygen atoms in total. The van der Waals surface area contributed by atoms with Gasteiger partial charge in [0, 0.05) is 26.2 Å². The number of halogens is 1. The van der Waals surface area contributed by atoms with E-state index in [9.17, 15) is 4.79 Å². The lowest BCUT2D eigenvalue weighted by Gasteiger charge is -2.22. The number of hydrogen-bond donors (Lipinski definition) is 0. The molecule has 2 aromatic rings. The third kappa shape index (κ3) is 3.97. The topological polar surface area (TPSA) is 55.2 Å². The molecule has 0 unspecified atom stereocenters. The van der Waals surface area contributed by atoms with Gasteiger partial charge in [0.15, 0.2) is 11.5 Å². The van der Waals surface area contributed by atoms with Crippen LogP contribution in [0.15, 0.2) is 34.9 Å².